The molecule has 19 heavy (non-hydrogen) atoms. The highest BCUT2D eigenvalue weighted by Crippen LogP contribution is 2.40. The van der Waals surface area contributed by atoms with Crippen LogP contribution in [0.15, 0.2) is 18.5 Å². The summed E-state index contributed by atoms with van der Waals surface area (Å²) in [6.45, 7) is 5.03. The first-order valence-corrected chi connectivity index (χ1v) is 7.30. The van der Waals surface area contributed by atoms with Gasteiger partial charge in [-0.1, -0.05) is 0 Å². The third kappa shape index (κ3) is 3.84. The van der Waals surface area contributed by atoms with Gasteiger partial charge >= 0.3 is 0 Å². The van der Waals surface area contributed by atoms with Crippen LogP contribution in [0.5, 0.6) is 0 Å². The second kappa shape index (κ2) is 5.79. The number of rotatable bonds is 7. The minimum atomic E-state index is -0.197. The lowest BCUT2D eigenvalue weighted by Crippen LogP contribution is -2.17. The van der Waals surface area contributed by atoms with Gasteiger partial charge in [0.05, 0.1) is 11.5 Å². The molecule has 0 bridgehead atoms. The molecule has 1 aliphatic rings. The molecule has 1 heterocycles. The number of aromatic nitrogens is 1. The van der Waals surface area contributed by atoms with E-state index in [4.69, 9.17) is 5.26 Å². The Labute approximate surface area is 116 Å². The van der Waals surface area contributed by atoms with Crippen LogP contribution < -0.4 is 5.32 Å². The smallest absolute Gasteiger partial charge is 0.0683 e. The van der Waals surface area contributed by atoms with Crippen LogP contribution >= 0.6 is 0 Å². The lowest BCUT2D eigenvalue weighted by atomic mass is 9.90. The SMILES string of the molecule is CNC(c1ccn(CCCC(C)(C)C#N)c1)C1CC1. The lowest BCUT2D eigenvalue weighted by molar-refractivity contribution is 0.415. The number of aryl methyl sites for hydroxylation is 1. The Bertz CT molecular complexity index is 449. The predicted octanol–water partition coefficient (Wildman–Crippen LogP) is 3.49. The predicted molar refractivity (Wildman–Crippen MR) is 77.6 cm³/mol. The van der Waals surface area contributed by atoms with Gasteiger partial charge in [0.2, 0.25) is 0 Å². The zero-order valence-corrected chi connectivity index (χ0v) is 12.3. The third-order valence-corrected chi connectivity index (χ3v) is 4.06. The number of nitriles is 1. The molecule has 1 N–H and O–H groups in total. The molecule has 0 spiro atoms. The summed E-state index contributed by atoms with van der Waals surface area (Å²) in [5.74, 6) is 0.832. The van der Waals surface area contributed by atoms with E-state index in [0.717, 1.165) is 25.3 Å². The molecule has 1 unspecified atom stereocenters. The fraction of sp³-hybridized carbons (Fsp3) is 0.688. The molecule has 2 rings (SSSR count). The molecule has 0 saturated heterocycles. The molecular formula is C16H25N3. The normalized spacial score (nSPS) is 17.2. The molecule has 0 aliphatic heterocycles. The minimum absolute atomic E-state index is 0.197. The molecule has 0 aromatic carbocycles. The van der Waals surface area contributed by atoms with Crippen LogP contribution in [0.1, 0.15) is 51.1 Å². The Balaban J connectivity index is 1.85. The highest BCUT2D eigenvalue weighted by Gasteiger charge is 2.31. The van der Waals surface area contributed by atoms with Crippen molar-refractivity contribution >= 4 is 0 Å². The van der Waals surface area contributed by atoms with E-state index >= 15 is 0 Å². The lowest BCUT2D eigenvalue weighted by Gasteiger charge is -2.15. The zero-order valence-electron chi connectivity index (χ0n) is 12.3. The zero-order chi connectivity index (χ0) is 13.9. The molecule has 1 atom stereocenters. The minimum Gasteiger partial charge on any atom is -0.354 e. The maximum atomic E-state index is 9.00. The fourth-order valence-electron chi connectivity index (χ4n) is 2.65. The summed E-state index contributed by atoms with van der Waals surface area (Å²) in [6.07, 6.45) is 9.15. The van der Waals surface area contributed by atoms with Crippen molar-refractivity contribution in [3.63, 3.8) is 0 Å². The molecule has 3 nitrogen and oxygen atoms in total. The van der Waals surface area contributed by atoms with Gasteiger partial charge in [-0.2, -0.15) is 5.26 Å². The number of hydrogen-bond acceptors (Lipinski definition) is 2. The molecule has 1 fully saturated rings. The van der Waals surface area contributed by atoms with Gasteiger partial charge in [0.25, 0.3) is 0 Å². The number of nitrogens with one attached hydrogen (secondary N) is 1. The van der Waals surface area contributed by atoms with Gasteiger partial charge in [-0.15, -0.1) is 0 Å². The summed E-state index contributed by atoms with van der Waals surface area (Å²) in [4.78, 5) is 0. The van der Waals surface area contributed by atoms with Gasteiger partial charge in [0.1, 0.15) is 0 Å². The maximum absolute atomic E-state index is 9.00. The second-order valence-electron chi connectivity index (χ2n) is 6.39. The molecule has 0 radical (unpaired) electrons. The Morgan fingerprint density at radius 3 is 2.84 bits per heavy atom. The van der Waals surface area contributed by atoms with Crippen molar-refractivity contribution in [1.82, 2.24) is 9.88 Å². The highest BCUT2D eigenvalue weighted by atomic mass is 15.0. The largest absolute Gasteiger partial charge is 0.354 e. The van der Waals surface area contributed by atoms with Crippen LogP contribution in [0, 0.1) is 22.7 Å². The second-order valence-corrected chi connectivity index (χ2v) is 6.39. The molecule has 0 amide bonds. The number of hydrogen-bond donors (Lipinski definition) is 1. The third-order valence-electron chi connectivity index (χ3n) is 4.06. The van der Waals surface area contributed by atoms with Crippen molar-refractivity contribution in [2.24, 2.45) is 11.3 Å². The highest BCUT2D eigenvalue weighted by molar-refractivity contribution is 5.18. The number of nitrogens with zero attached hydrogens (tertiary/aromatic N) is 2. The van der Waals surface area contributed by atoms with E-state index in [0.29, 0.717) is 6.04 Å². The monoisotopic (exact) mass is 259 g/mol. The Hall–Kier alpha value is -1.27. The van der Waals surface area contributed by atoms with E-state index in [1.54, 1.807) is 0 Å². The van der Waals surface area contributed by atoms with Crippen LogP contribution in [-0.2, 0) is 6.54 Å². The summed E-state index contributed by atoms with van der Waals surface area (Å²) in [5.41, 5.74) is 1.21. The quantitative estimate of drug-likeness (QED) is 0.814. The first-order valence-electron chi connectivity index (χ1n) is 7.30. The fourth-order valence-corrected chi connectivity index (χ4v) is 2.65. The van der Waals surface area contributed by atoms with Crippen molar-refractivity contribution < 1.29 is 0 Å². The van der Waals surface area contributed by atoms with Crippen LogP contribution in [-0.4, -0.2) is 11.6 Å². The average molecular weight is 259 g/mol. The van der Waals surface area contributed by atoms with Crippen molar-refractivity contribution in [2.45, 2.75) is 52.1 Å². The molecule has 1 aliphatic carbocycles. The Morgan fingerprint density at radius 2 is 2.26 bits per heavy atom. The average Bonchev–Trinajstić information content (AvgIpc) is 3.10. The van der Waals surface area contributed by atoms with Gasteiger partial charge in [-0.25, -0.2) is 0 Å². The van der Waals surface area contributed by atoms with Crippen LogP contribution in [0.4, 0.5) is 0 Å². The van der Waals surface area contributed by atoms with E-state index in [9.17, 15) is 0 Å². The topological polar surface area (TPSA) is 40.8 Å². The Morgan fingerprint density at radius 1 is 1.53 bits per heavy atom. The van der Waals surface area contributed by atoms with Crippen molar-refractivity contribution in [3.8, 4) is 6.07 Å². The summed E-state index contributed by atoms with van der Waals surface area (Å²) in [7, 11) is 2.05. The standard InChI is InChI=1S/C16H25N3/c1-16(2,12-17)8-4-9-19-10-7-14(11-19)15(18-3)13-5-6-13/h7,10-11,13,15,18H,4-6,8-9H2,1-3H3. The summed E-state index contributed by atoms with van der Waals surface area (Å²) < 4.78 is 2.26. The van der Waals surface area contributed by atoms with E-state index in [1.165, 1.54) is 18.4 Å². The van der Waals surface area contributed by atoms with E-state index < -0.39 is 0 Å². The first kappa shape index (κ1) is 14.1. The van der Waals surface area contributed by atoms with Crippen LogP contribution in [0.25, 0.3) is 0 Å². The summed E-state index contributed by atoms with van der Waals surface area (Å²) in [6, 6.07) is 5.12. The summed E-state index contributed by atoms with van der Waals surface area (Å²) in [5, 5.41) is 12.4. The molecule has 1 aromatic rings. The van der Waals surface area contributed by atoms with E-state index in [1.807, 2.05) is 13.8 Å². The molecule has 1 aromatic heterocycles. The van der Waals surface area contributed by atoms with Gasteiger partial charge in [0.15, 0.2) is 0 Å². The van der Waals surface area contributed by atoms with Crippen molar-refractivity contribution in [3.05, 3.63) is 24.0 Å². The van der Waals surface area contributed by atoms with Gasteiger partial charge in [0, 0.05) is 25.0 Å². The molecule has 1 saturated carbocycles. The van der Waals surface area contributed by atoms with E-state index in [2.05, 4.69) is 41.5 Å². The van der Waals surface area contributed by atoms with Gasteiger partial charge < -0.3 is 9.88 Å². The van der Waals surface area contributed by atoms with Crippen molar-refractivity contribution in [2.75, 3.05) is 7.05 Å². The Kier molecular flexibility index (Phi) is 4.31. The van der Waals surface area contributed by atoms with E-state index in [-0.39, 0.29) is 5.41 Å². The summed E-state index contributed by atoms with van der Waals surface area (Å²) >= 11 is 0. The van der Waals surface area contributed by atoms with Crippen LogP contribution in [0.3, 0.4) is 0 Å². The maximum Gasteiger partial charge on any atom is 0.0683 e. The molecular weight excluding hydrogens is 234 g/mol. The van der Waals surface area contributed by atoms with Gasteiger partial charge in [-0.3, -0.25) is 0 Å². The van der Waals surface area contributed by atoms with Gasteiger partial charge in [-0.05, 0) is 64.1 Å². The van der Waals surface area contributed by atoms with Crippen molar-refractivity contribution in [1.29, 1.82) is 5.26 Å². The first-order chi connectivity index (χ1) is 9.05. The molecule has 3 heteroatoms. The molecule has 104 valence electrons. The van der Waals surface area contributed by atoms with Crippen LogP contribution in [0.2, 0.25) is 0 Å².